The molecule has 0 spiro atoms. The van der Waals surface area contributed by atoms with E-state index in [1.807, 2.05) is 24.3 Å². The van der Waals surface area contributed by atoms with Crippen LogP contribution in [0.3, 0.4) is 0 Å². The quantitative estimate of drug-likeness (QED) is 0.278. The van der Waals surface area contributed by atoms with Gasteiger partial charge in [-0.25, -0.2) is 19.9 Å². The summed E-state index contributed by atoms with van der Waals surface area (Å²) in [4.78, 5) is 16.7. The first kappa shape index (κ1) is 20.0. The Morgan fingerprint density at radius 3 is 1.85 bits per heavy atom. The van der Waals surface area contributed by atoms with Gasteiger partial charge in [-0.3, -0.25) is 0 Å². The van der Waals surface area contributed by atoms with Gasteiger partial charge in [0.25, 0.3) is 0 Å². The smallest absolute Gasteiger partial charge is 0.181 e. The molecule has 0 fully saturated rings. The zero-order chi connectivity index (χ0) is 19.1. The minimum absolute atomic E-state index is 0.638. The van der Waals surface area contributed by atoms with Crippen LogP contribution in [-0.2, 0) is 0 Å². The molecule has 0 aliphatic carbocycles. The third-order valence-corrected chi connectivity index (χ3v) is 3.53. The molecular formula is C16H20N4O6. The standard InChI is InChI=1S/C10H6N4.C6H14O6/c1-2-4-8-7(3-1)13-9-5-11-6-12-10(9)14-8;7-1-3(9)5(11)6(12)4(10)2-8/h1-6H;3-12H,1-2H2/t;3-,4+,5-,6+. The maximum Gasteiger partial charge on any atom is 0.181 e. The Kier molecular flexibility index (Phi) is 7.21. The van der Waals surface area contributed by atoms with E-state index in [-0.39, 0.29) is 0 Å². The van der Waals surface area contributed by atoms with E-state index in [1.54, 1.807) is 6.20 Å². The highest BCUT2D eigenvalue weighted by Crippen LogP contribution is 2.12. The normalized spacial score (nSPS) is 15.8. The lowest BCUT2D eigenvalue weighted by Gasteiger charge is -2.24. The number of nitrogens with zero attached hydrogens (tertiary/aromatic N) is 4. The van der Waals surface area contributed by atoms with Crippen molar-refractivity contribution in [2.75, 3.05) is 13.2 Å². The summed E-state index contributed by atoms with van der Waals surface area (Å²) in [7, 11) is 0. The molecule has 3 aromatic rings. The number of aliphatic hydroxyl groups is 6. The van der Waals surface area contributed by atoms with Crippen LogP contribution in [0.25, 0.3) is 22.2 Å². The summed E-state index contributed by atoms with van der Waals surface area (Å²) >= 11 is 0. The van der Waals surface area contributed by atoms with E-state index in [9.17, 15) is 0 Å². The van der Waals surface area contributed by atoms with Crippen LogP contribution in [-0.4, -0.2) is 88.2 Å². The average Bonchev–Trinajstić information content (AvgIpc) is 2.70. The van der Waals surface area contributed by atoms with Crippen molar-refractivity contribution in [3.8, 4) is 0 Å². The van der Waals surface area contributed by atoms with Crippen molar-refractivity contribution in [3.63, 3.8) is 0 Å². The fourth-order valence-corrected chi connectivity index (χ4v) is 2.05. The summed E-state index contributed by atoms with van der Waals surface area (Å²) in [6.45, 7) is -1.45. The number of benzene rings is 1. The zero-order valence-corrected chi connectivity index (χ0v) is 13.7. The van der Waals surface area contributed by atoms with Crippen LogP contribution >= 0.6 is 0 Å². The molecule has 3 rings (SSSR count). The predicted molar refractivity (Wildman–Crippen MR) is 90.8 cm³/mol. The first-order valence-corrected chi connectivity index (χ1v) is 7.74. The first-order chi connectivity index (χ1) is 12.5. The molecule has 10 heteroatoms. The second-order valence-electron chi connectivity index (χ2n) is 5.42. The minimum atomic E-state index is -1.67. The topological polar surface area (TPSA) is 173 Å². The number of aliphatic hydroxyl groups excluding tert-OH is 6. The van der Waals surface area contributed by atoms with Crippen LogP contribution < -0.4 is 0 Å². The van der Waals surface area contributed by atoms with Gasteiger partial charge in [0.15, 0.2) is 5.65 Å². The van der Waals surface area contributed by atoms with Gasteiger partial charge >= 0.3 is 0 Å². The second-order valence-corrected chi connectivity index (χ2v) is 5.42. The molecule has 1 aromatic carbocycles. The highest BCUT2D eigenvalue weighted by atomic mass is 16.4. The predicted octanol–water partition coefficient (Wildman–Crippen LogP) is -2.01. The Morgan fingerprint density at radius 1 is 0.769 bits per heavy atom. The molecule has 2 heterocycles. The van der Waals surface area contributed by atoms with Gasteiger partial charge in [-0.1, -0.05) is 12.1 Å². The van der Waals surface area contributed by atoms with Crippen molar-refractivity contribution >= 4 is 22.2 Å². The van der Waals surface area contributed by atoms with E-state index in [4.69, 9.17) is 30.6 Å². The van der Waals surface area contributed by atoms with Crippen LogP contribution in [0.15, 0.2) is 36.8 Å². The second kappa shape index (κ2) is 9.38. The van der Waals surface area contributed by atoms with E-state index in [2.05, 4.69) is 19.9 Å². The Labute approximate surface area is 148 Å². The van der Waals surface area contributed by atoms with Crippen LogP contribution in [0.2, 0.25) is 0 Å². The lowest BCUT2D eigenvalue weighted by atomic mass is 10.0. The maximum atomic E-state index is 8.96. The lowest BCUT2D eigenvalue weighted by Crippen LogP contribution is -2.46. The highest BCUT2D eigenvalue weighted by molar-refractivity contribution is 5.83. The Bertz CT molecular complexity index is 717. The SMILES string of the molecule is OC[C@@H](O)[C@@H](O)[C@@H](O)[C@@H](O)CO.c1ccc2nc3ncncc3nc2c1. The molecule has 0 unspecified atom stereocenters. The van der Waals surface area contributed by atoms with Crippen molar-refractivity contribution in [2.24, 2.45) is 0 Å². The molecule has 0 saturated heterocycles. The molecule has 0 bridgehead atoms. The number of hydrogen-bond donors (Lipinski definition) is 6. The molecule has 10 nitrogen and oxygen atoms in total. The van der Waals surface area contributed by atoms with E-state index in [0.717, 1.165) is 16.6 Å². The van der Waals surface area contributed by atoms with Crippen LogP contribution in [0, 0.1) is 0 Å². The van der Waals surface area contributed by atoms with E-state index in [1.165, 1.54) is 6.33 Å². The fraction of sp³-hybridized carbons (Fsp3) is 0.375. The van der Waals surface area contributed by atoms with Gasteiger partial charge < -0.3 is 30.6 Å². The number of para-hydroxylation sites is 2. The van der Waals surface area contributed by atoms with Crippen molar-refractivity contribution in [1.29, 1.82) is 0 Å². The molecule has 4 atom stereocenters. The van der Waals surface area contributed by atoms with E-state index >= 15 is 0 Å². The van der Waals surface area contributed by atoms with Crippen molar-refractivity contribution < 1.29 is 30.6 Å². The average molecular weight is 364 g/mol. The van der Waals surface area contributed by atoms with Gasteiger partial charge in [-0.2, -0.15) is 0 Å². The summed E-state index contributed by atoms with van der Waals surface area (Å²) in [5, 5.41) is 52.2. The van der Waals surface area contributed by atoms with Gasteiger partial charge in [0, 0.05) is 0 Å². The molecule has 140 valence electrons. The molecule has 0 amide bonds. The maximum absolute atomic E-state index is 8.96. The number of hydrogen-bond acceptors (Lipinski definition) is 10. The minimum Gasteiger partial charge on any atom is -0.394 e. The molecule has 0 aliphatic rings. The van der Waals surface area contributed by atoms with Gasteiger partial charge in [0.05, 0.1) is 30.4 Å². The Balaban J connectivity index is 0.000000191. The molecule has 6 N–H and O–H groups in total. The summed E-state index contributed by atoms with van der Waals surface area (Å²) in [5.41, 5.74) is 3.10. The summed E-state index contributed by atoms with van der Waals surface area (Å²) < 4.78 is 0. The summed E-state index contributed by atoms with van der Waals surface area (Å²) in [6, 6.07) is 7.72. The largest absolute Gasteiger partial charge is 0.394 e. The van der Waals surface area contributed by atoms with Crippen LogP contribution in [0.4, 0.5) is 0 Å². The molecule has 26 heavy (non-hydrogen) atoms. The number of aromatic nitrogens is 4. The van der Waals surface area contributed by atoms with Gasteiger partial charge in [0.1, 0.15) is 36.3 Å². The number of rotatable bonds is 5. The van der Waals surface area contributed by atoms with Crippen molar-refractivity contribution in [2.45, 2.75) is 24.4 Å². The van der Waals surface area contributed by atoms with Gasteiger partial charge in [-0.05, 0) is 12.1 Å². The Hall–Kier alpha value is -2.34. The number of fused-ring (bicyclic) bond motifs is 2. The van der Waals surface area contributed by atoms with E-state index in [0.29, 0.717) is 5.65 Å². The Morgan fingerprint density at radius 2 is 1.31 bits per heavy atom. The van der Waals surface area contributed by atoms with Crippen LogP contribution in [0.1, 0.15) is 0 Å². The summed E-state index contributed by atoms with van der Waals surface area (Å²) in [5.74, 6) is 0. The molecule has 2 aromatic heterocycles. The highest BCUT2D eigenvalue weighted by Gasteiger charge is 2.29. The fourth-order valence-electron chi connectivity index (χ4n) is 2.05. The zero-order valence-electron chi connectivity index (χ0n) is 13.7. The monoisotopic (exact) mass is 364 g/mol. The molecule has 0 radical (unpaired) electrons. The summed E-state index contributed by atoms with van der Waals surface area (Å²) in [6.07, 6.45) is -3.25. The molecule has 0 aliphatic heterocycles. The third kappa shape index (κ3) is 4.85. The molecular weight excluding hydrogens is 344 g/mol. The van der Waals surface area contributed by atoms with Gasteiger partial charge in [0.2, 0.25) is 0 Å². The lowest BCUT2D eigenvalue weighted by molar-refractivity contribution is -0.123. The first-order valence-electron chi connectivity index (χ1n) is 7.74. The van der Waals surface area contributed by atoms with Crippen molar-refractivity contribution in [1.82, 2.24) is 19.9 Å². The third-order valence-electron chi connectivity index (χ3n) is 3.53. The van der Waals surface area contributed by atoms with E-state index < -0.39 is 37.6 Å². The van der Waals surface area contributed by atoms with Gasteiger partial charge in [-0.15, -0.1) is 0 Å². The van der Waals surface area contributed by atoms with Crippen molar-refractivity contribution in [3.05, 3.63) is 36.8 Å². The molecule has 0 saturated carbocycles. The van der Waals surface area contributed by atoms with Crippen LogP contribution in [0.5, 0.6) is 0 Å².